The standard InChI is InChI=1S/C5H6N6S2/c1-3-8-10-5(12)11(3)13-4-6-2-7-9-4/h2H,1H3,(H,10,12)(H,6,7,9). The Labute approximate surface area is 82.9 Å². The Kier molecular flexibility index (Phi) is 2.15. The van der Waals surface area contributed by atoms with E-state index in [0.29, 0.717) is 9.93 Å². The van der Waals surface area contributed by atoms with Crippen molar-refractivity contribution in [2.45, 2.75) is 12.1 Å². The number of nitrogens with zero attached hydrogens (tertiary/aromatic N) is 4. The minimum atomic E-state index is 0.555. The SMILES string of the molecule is Cc1n[nH]c(=S)n1Sc1ncn[nH]1. The highest BCUT2D eigenvalue weighted by atomic mass is 32.2. The number of aromatic amines is 2. The molecule has 0 aliphatic rings. The van der Waals surface area contributed by atoms with Gasteiger partial charge in [0, 0.05) is 11.9 Å². The summed E-state index contributed by atoms with van der Waals surface area (Å²) in [5.41, 5.74) is 0. The Balaban J connectivity index is 2.33. The Hall–Kier alpha value is -1.15. The van der Waals surface area contributed by atoms with Gasteiger partial charge in [-0.1, -0.05) is 0 Å². The van der Waals surface area contributed by atoms with Crippen LogP contribution in [-0.4, -0.2) is 29.4 Å². The molecule has 0 radical (unpaired) electrons. The van der Waals surface area contributed by atoms with Gasteiger partial charge in [0.25, 0.3) is 0 Å². The van der Waals surface area contributed by atoms with Crippen LogP contribution in [0.4, 0.5) is 0 Å². The fourth-order valence-electron chi connectivity index (χ4n) is 0.799. The van der Waals surface area contributed by atoms with Crippen LogP contribution in [0.3, 0.4) is 0 Å². The van der Waals surface area contributed by atoms with Gasteiger partial charge in [0.05, 0.1) is 0 Å². The maximum Gasteiger partial charge on any atom is 0.206 e. The van der Waals surface area contributed by atoms with E-state index in [2.05, 4.69) is 25.4 Å². The van der Waals surface area contributed by atoms with Gasteiger partial charge in [0.15, 0.2) is 0 Å². The van der Waals surface area contributed by atoms with E-state index in [0.717, 1.165) is 5.82 Å². The van der Waals surface area contributed by atoms with Gasteiger partial charge in [0.2, 0.25) is 9.93 Å². The van der Waals surface area contributed by atoms with Crippen LogP contribution in [0.5, 0.6) is 0 Å². The van der Waals surface area contributed by atoms with E-state index in [1.165, 1.54) is 18.3 Å². The molecule has 0 fully saturated rings. The smallest absolute Gasteiger partial charge is 0.206 e. The average Bonchev–Trinajstić information content (AvgIpc) is 2.70. The van der Waals surface area contributed by atoms with Crippen molar-refractivity contribution in [1.82, 2.24) is 29.4 Å². The molecule has 2 aromatic heterocycles. The first-order valence-electron chi connectivity index (χ1n) is 3.45. The van der Waals surface area contributed by atoms with Gasteiger partial charge < -0.3 is 0 Å². The lowest BCUT2D eigenvalue weighted by molar-refractivity contribution is 0.959. The quantitative estimate of drug-likeness (QED) is 0.727. The Morgan fingerprint density at radius 3 is 2.92 bits per heavy atom. The number of aromatic nitrogens is 6. The normalized spacial score (nSPS) is 10.5. The predicted octanol–water partition coefficient (Wildman–Crippen LogP) is 0.923. The summed E-state index contributed by atoms with van der Waals surface area (Å²) >= 11 is 6.35. The topological polar surface area (TPSA) is 75.2 Å². The first kappa shape index (κ1) is 8.45. The predicted molar refractivity (Wildman–Crippen MR) is 49.8 cm³/mol. The number of nitrogens with one attached hydrogen (secondary N) is 2. The maximum atomic E-state index is 5.01. The van der Waals surface area contributed by atoms with Crippen molar-refractivity contribution in [2.24, 2.45) is 0 Å². The van der Waals surface area contributed by atoms with Crippen molar-refractivity contribution in [3.05, 3.63) is 16.9 Å². The van der Waals surface area contributed by atoms with Crippen molar-refractivity contribution in [3.63, 3.8) is 0 Å². The van der Waals surface area contributed by atoms with Crippen LogP contribution < -0.4 is 0 Å². The molecule has 13 heavy (non-hydrogen) atoms. The molecule has 68 valence electrons. The summed E-state index contributed by atoms with van der Waals surface area (Å²) in [6, 6.07) is 0. The van der Waals surface area contributed by atoms with E-state index in [4.69, 9.17) is 12.2 Å². The fraction of sp³-hybridized carbons (Fsp3) is 0.200. The van der Waals surface area contributed by atoms with Crippen LogP contribution in [0.2, 0.25) is 0 Å². The van der Waals surface area contributed by atoms with Crippen LogP contribution in [-0.2, 0) is 0 Å². The molecule has 0 spiro atoms. The Morgan fingerprint density at radius 2 is 2.38 bits per heavy atom. The second-order valence-electron chi connectivity index (χ2n) is 2.25. The van der Waals surface area contributed by atoms with Crippen LogP contribution >= 0.6 is 24.2 Å². The average molecular weight is 214 g/mol. The summed E-state index contributed by atoms with van der Waals surface area (Å²) in [7, 11) is 0. The highest BCUT2D eigenvalue weighted by Crippen LogP contribution is 2.15. The first-order valence-corrected chi connectivity index (χ1v) is 4.63. The molecule has 0 saturated carbocycles. The monoisotopic (exact) mass is 214 g/mol. The van der Waals surface area contributed by atoms with Crippen molar-refractivity contribution < 1.29 is 0 Å². The lowest BCUT2D eigenvalue weighted by atomic mass is 10.8. The van der Waals surface area contributed by atoms with Crippen LogP contribution in [0.15, 0.2) is 11.5 Å². The second kappa shape index (κ2) is 3.30. The Bertz CT molecular complexity index is 440. The summed E-state index contributed by atoms with van der Waals surface area (Å²) in [4.78, 5) is 3.96. The molecular formula is C5H6N6S2. The molecule has 2 N–H and O–H groups in total. The third-order valence-corrected chi connectivity index (χ3v) is 2.75. The molecule has 0 bridgehead atoms. The van der Waals surface area contributed by atoms with Crippen molar-refractivity contribution >= 4 is 24.2 Å². The minimum Gasteiger partial charge on any atom is -0.253 e. The third-order valence-electron chi connectivity index (χ3n) is 1.36. The van der Waals surface area contributed by atoms with Crippen LogP contribution in [0.25, 0.3) is 0 Å². The summed E-state index contributed by atoms with van der Waals surface area (Å²) in [5.74, 6) is 0.798. The van der Waals surface area contributed by atoms with Crippen molar-refractivity contribution in [1.29, 1.82) is 0 Å². The van der Waals surface area contributed by atoms with E-state index in [1.54, 1.807) is 3.97 Å². The first-order chi connectivity index (χ1) is 6.27. The van der Waals surface area contributed by atoms with Gasteiger partial charge in [0.1, 0.15) is 12.2 Å². The van der Waals surface area contributed by atoms with E-state index < -0.39 is 0 Å². The summed E-state index contributed by atoms with van der Waals surface area (Å²) in [6.45, 7) is 1.86. The zero-order valence-electron chi connectivity index (χ0n) is 6.68. The third kappa shape index (κ3) is 1.63. The minimum absolute atomic E-state index is 0.555. The zero-order chi connectivity index (χ0) is 9.26. The van der Waals surface area contributed by atoms with E-state index in [9.17, 15) is 0 Å². The number of rotatable bonds is 2. The molecule has 0 aliphatic carbocycles. The Morgan fingerprint density at radius 1 is 1.54 bits per heavy atom. The molecule has 0 atom stereocenters. The molecule has 0 aromatic carbocycles. The van der Waals surface area contributed by atoms with E-state index in [-0.39, 0.29) is 0 Å². The van der Waals surface area contributed by atoms with Gasteiger partial charge in [-0.15, -0.1) is 0 Å². The molecular weight excluding hydrogens is 208 g/mol. The fourth-order valence-corrected chi connectivity index (χ4v) is 1.75. The van der Waals surface area contributed by atoms with Gasteiger partial charge in [-0.2, -0.15) is 10.2 Å². The van der Waals surface area contributed by atoms with Gasteiger partial charge in [-0.05, 0) is 19.1 Å². The number of aryl methyl sites for hydroxylation is 1. The largest absolute Gasteiger partial charge is 0.253 e. The molecule has 0 amide bonds. The maximum absolute atomic E-state index is 5.01. The van der Waals surface area contributed by atoms with Crippen LogP contribution in [0, 0.1) is 11.7 Å². The highest BCUT2D eigenvalue weighted by molar-refractivity contribution is 7.97. The molecule has 2 rings (SSSR count). The molecule has 6 nitrogen and oxygen atoms in total. The number of hydrogen-bond acceptors (Lipinski definition) is 5. The molecule has 0 unspecified atom stereocenters. The van der Waals surface area contributed by atoms with E-state index in [1.807, 2.05) is 6.92 Å². The lowest BCUT2D eigenvalue weighted by Crippen LogP contribution is -1.91. The van der Waals surface area contributed by atoms with E-state index >= 15 is 0 Å². The molecule has 2 heterocycles. The second-order valence-corrected chi connectivity index (χ2v) is 3.57. The number of hydrogen-bond donors (Lipinski definition) is 2. The molecule has 2 aromatic rings. The van der Waals surface area contributed by atoms with Crippen molar-refractivity contribution in [2.75, 3.05) is 0 Å². The van der Waals surface area contributed by atoms with Gasteiger partial charge >= 0.3 is 0 Å². The molecule has 0 saturated heterocycles. The zero-order valence-corrected chi connectivity index (χ0v) is 8.32. The summed E-state index contributed by atoms with van der Waals surface area (Å²) in [5, 5.41) is 13.8. The van der Waals surface area contributed by atoms with Crippen LogP contribution in [0.1, 0.15) is 5.82 Å². The summed E-state index contributed by atoms with van der Waals surface area (Å²) < 4.78 is 2.31. The number of H-pyrrole nitrogens is 2. The lowest BCUT2D eigenvalue weighted by Gasteiger charge is -1.96. The highest BCUT2D eigenvalue weighted by Gasteiger charge is 2.04. The summed E-state index contributed by atoms with van der Waals surface area (Å²) in [6.07, 6.45) is 1.45. The van der Waals surface area contributed by atoms with Crippen molar-refractivity contribution in [3.8, 4) is 0 Å². The van der Waals surface area contributed by atoms with Gasteiger partial charge in [-0.25, -0.2) is 8.96 Å². The van der Waals surface area contributed by atoms with Gasteiger partial charge in [-0.3, -0.25) is 10.2 Å². The molecule has 8 heteroatoms. The molecule has 0 aliphatic heterocycles.